The molecule has 0 heterocycles. The van der Waals surface area contributed by atoms with E-state index in [1.807, 2.05) is 0 Å². The van der Waals surface area contributed by atoms with Crippen LogP contribution in [0.15, 0.2) is 0 Å². The normalized spacial score (nSPS) is 18.1. The van der Waals surface area contributed by atoms with Gasteiger partial charge >= 0.3 is 5.97 Å². The maximum atomic E-state index is 11.4. The van der Waals surface area contributed by atoms with Gasteiger partial charge in [0.05, 0.1) is 0 Å². The van der Waals surface area contributed by atoms with E-state index in [0.29, 0.717) is 0 Å². The Bertz CT molecular complexity index is 228. The summed E-state index contributed by atoms with van der Waals surface area (Å²) >= 11 is 3.98. The minimum absolute atomic E-state index is 0.0543. The third-order valence-electron chi connectivity index (χ3n) is 2.18. The lowest BCUT2D eigenvalue weighted by atomic mass is 9.96. The SMILES string of the molecule is CC(=O)N[C@@H](CS)C(=O)OC1CCC1. The van der Waals surface area contributed by atoms with Gasteiger partial charge in [-0.25, -0.2) is 4.79 Å². The van der Waals surface area contributed by atoms with Gasteiger partial charge in [0.15, 0.2) is 0 Å². The molecule has 0 aromatic heterocycles. The number of carbonyl (C=O) groups excluding carboxylic acids is 2. The van der Waals surface area contributed by atoms with Crippen LogP contribution in [0.25, 0.3) is 0 Å². The summed E-state index contributed by atoms with van der Waals surface area (Å²) in [7, 11) is 0. The number of esters is 1. The third kappa shape index (κ3) is 3.21. The van der Waals surface area contributed by atoms with Crippen molar-refractivity contribution in [1.29, 1.82) is 0 Å². The van der Waals surface area contributed by atoms with Gasteiger partial charge in [-0.1, -0.05) is 0 Å². The number of ether oxygens (including phenoxy) is 1. The number of hydrogen-bond acceptors (Lipinski definition) is 4. The Morgan fingerprint density at radius 2 is 2.21 bits per heavy atom. The average Bonchev–Trinajstić information content (AvgIpc) is 2.06. The maximum absolute atomic E-state index is 11.4. The molecule has 0 unspecified atom stereocenters. The molecule has 1 rings (SSSR count). The van der Waals surface area contributed by atoms with Crippen molar-refractivity contribution >= 4 is 24.5 Å². The first-order chi connectivity index (χ1) is 6.63. The van der Waals surface area contributed by atoms with E-state index in [9.17, 15) is 9.59 Å². The fraction of sp³-hybridized carbons (Fsp3) is 0.778. The number of hydrogen-bond donors (Lipinski definition) is 2. The first-order valence-electron chi connectivity index (χ1n) is 4.72. The van der Waals surface area contributed by atoms with E-state index >= 15 is 0 Å². The molecule has 0 radical (unpaired) electrons. The van der Waals surface area contributed by atoms with E-state index in [2.05, 4.69) is 17.9 Å². The smallest absolute Gasteiger partial charge is 0.329 e. The van der Waals surface area contributed by atoms with Gasteiger partial charge in [-0.2, -0.15) is 12.6 Å². The maximum Gasteiger partial charge on any atom is 0.329 e. The van der Waals surface area contributed by atoms with Crippen molar-refractivity contribution in [3.05, 3.63) is 0 Å². The standard InChI is InChI=1S/C9H15NO3S/c1-6(11)10-8(5-14)9(12)13-7-3-2-4-7/h7-8,14H,2-5H2,1H3,(H,10,11)/t8-/m0/s1. The van der Waals surface area contributed by atoms with Gasteiger partial charge in [0.25, 0.3) is 0 Å². The highest BCUT2D eigenvalue weighted by atomic mass is 32.1. The van der Waals surface area contributed by atoms with Gasteiger partial charge in [-0.3, -0.25) is 4.79 Å². The molecule has 1 N–H and O–H groups in total. The van der Waals surface area contributed by atoms with Crippen LogP contribution in [0.3, 0.4) is 0 Å². The summed E-state index contributed by atoms with van der Waals surface area (Å²) in [5.74, 6) is -0.347. The van der Waals surface area contributed by atoms with E-state index in [-0.39, 0.29) is 23.7 Å². The van der Waals surface area contributed by atoms with Gasteiger partial charge in [0.2, 0.25) is 5.91 Å². The molecule has 80 valence electrons. The molecular weight excluding hydrogens is 202 g/mol. The fourth-order valence-corrected chi connectivity index (χ4v) is 1.40. The molecule has 0 aliphatic heterocycles. The second-order valence-corrected chi connectivity index (χ2v) is 3.79. The fourth-order valence-electron chi connectivity index (χ4n) is 1.16. The van der Waals surface area contributed by atoms with Crippen LogP contribution in [-0.4, -0.2) is 29.8 Å². The Morgan fingerprint density at radius 3 is 2.57 bits per heavy atom. The molecule has 1 fully saturated rings. The first-order valence-corrected chi connectivity index (χ1v) is 5.35. The topological polar surface area (TPSA) is 55.4 Å². The number of rotatable bonds is 4. The van der Waals surface area contributed by atoms with Crippen molar-refractivity contribution in [2.75, 3.05) is 5.75 Å². The molecule has 0 aromatic rings. The number of carbonyl (C=O) groups is 2. The van der Waals surface area contributed by atoms with Crippen LogP contribution in [-0.2, 0) is 14.3 Å². The summed E-state index contributed by atoms with van der Waals surface area (Å²) in [4.78, 5) is 22.2. The van der Waals surface area contributed by atoms with Gasteiger partial charge in [0.1, 0.15) is 12.1 Å². The summed E-state index contributed by atoms with van der Waals surface area (Å²) in [6, 6.07) is -0.614. The summed E-state index contributed by atoms with van der Waals surface area (Å²) in [6.07, 6.45) is 3.04. The number of nitrogens with one attached hydrogen (secondary N) is 1. The summed E-state index contributed by atoms with van der Waals surface area (Å²) in [6.45, 7) is 1.37. The predicted molar refractivity (Wildman–Crippen MR) is 55.2 cm³/mol. The van der Waals surface area contributed by atoms with Crippen LogP contribution >= 0.6 is 12.6 Å². The second kappa shape index (κ2) is 5.24. The summed E-state index contributed by atoms with van der Waals surface area (Å²) in [5, 5.41) is 2.49. The number of thiol groups is 1. The molecule has 14 heavy (non-hydrogen) atoms. The van der Waals surface area contributed by atoms with Crippen LogP contribution in [0.1, 0.15) is 26.2 Å². The first kappa shape index (κ1) is 11.4. The minimum Gasteiger partial charge on any atom is -0.461 e. The highest BCUT2D eigenvalue weighted by molar-refractivity contribution is 7.80. The largest absolute Gasteiger partial charge is 0.461 e. The van der Waals surface area contributed by atoms with E-state index in [4.69, 9.17) is 4.74 Å². The van der Waals surface area contributed by atoms with Gasteiger partial charge in [0, 0.05) is 12.7 Å². The van der Waals surface area contributed by atoms with E-state index in [1.165, 1.54) is 6.92 Å². The van der Waals surface area contributed by atoms with E-state index in [0.717, 1.165) is 19.3 Å². The van der Waals surface area contributed by atoms with Crippen molar-refractivity contribution in [2.45, 2.75) is 38.3 Å². The Kier molecular flexibility index (Phi) is 4.25. The molecule has 1 saturated carbocycles. The van der Waals surface area contributed by atoms with E-state index in [1.54, 1.807) is 0 Å². The third-order valence-corrected chi connectivity index (χ3v) is 2.54. The molecule has 4 nitrogen and oxygen atoms in total. The Hall–Kier alpha value is -0.710. The monoisotopic (exact) mass is 217 g/mol. The zero-order valence-electron chi connectivity index (χ0n) is 8.16. The molecule has 0 aromatic carbocycles. The lowest BCUT2D eigenvalue weighted by molar-refractivity contribution is -0.155. The Morgan fingerprint density at radius 1 is 1.57 bits per heavy atom. The molecule has 0 bridgehead atoms. The lowest BCUT2D eigenvalue weighted by Gasteiger charge is -2.27. The molecule has 1 amide bonds. The summed E-state index contributed by atoms with van der Waals surface area (Å²) in [5.41, 5.74) is 0. The predicted octanol–water partition coefficient (Wildman–Crippen LogP) is 0.517. The molecule has 1 aliphatic carbocycles. The van der Waals surface area contributed by atoms with Gasteiger partial charge in [-0.15, -0.1) is 0 Å². The van der Waals surface area contributed by atoms with Crippen molar-refractivity contribution in [1.82, 2.24) is 5.32 Å². The van der Waals surface area contributed by atoms with Crippen molar-refractivity contribution in [3.8, 4) is 0 Å². The van der Waals surface area contributed by atoms with Crippen LogP contribution in [0.2, 0.25) is 0 Å². The second-order valence-electron chi connectivity index (χ2n) is 3.43. The van der Waals surface area contributed by atoms with Gasteiger partial charge in [-0.05, 0) is 19.3 Å². The molecule has 1 atom stereocenters. The number of amides is 1. The summed E-state index contributed by atoms with van der Waals surface area (Å²) < 4.78 is 5.14. The van der Waals surface area contributed by atoms with Crippen LogP contribution < -0.4 is 5.32 Å². The molecule has 5 heteroatoms. The van der Waals surface area contributed by atoms with Crippen LogP contribution in [0.4, 0.5) is 0 Å². The average molecular weight is 217 g/mol. The zero-order valence-corrected chi connectivity index (χ0v) is 9.05. The Balaban J connectivity index is 2.34. The molecule has 0 spiro atoms. The minimum atomic E-state index is -0.614. The quantitative estimate of drug-likeness (QED) is 0.533. The van der Waals surface area contributed by atoms with Crippen molar-refractivity contribution in [2.24, 2.45) is 0 Å². The molecule has 0 saturated heterocycles. The van der Waals surface area contributed by atoms with Crippen molar-refractivity contribution in [3.63, 3.8) is 0 Å². The van der Waals surface area contributed by atoms with Crippen molar-refractivity contribution < 1.29 is 14.3 Å². The zero-order chi connectivity index (χ0) is 10.6. The Labute approximate surface area is 88.8 Å². The van der Waals surface area contributed by atoms with Crippen LogP contribution in [0.5, 0.6) is 0 Å². The lowest BCUT2D eigenvalue weighted by Crippen LogP contribution is -2.44. The van der Waals surface area contributed by atoms with Gasteiger partial charge < -0.3 is 10.1 Å². The van der Waals surface area contributed by atoms with Crippen LogP contribution in [0, 0.1) is 0 Å². The highest BCUT2D eigenvalue weighted by Gasteiger charge is 2.26. The molecule has 1 aliphatic rings. The molecular formula is C9H15NO3S. The van der Waals surface area contributed by atoms with E-state index < -0.39 is 6.04 Å². The highest BCUT2D eigenvalue weighted by Crippen LogP contribution is 2.22.